The van der Waals surface area contributed by atoms with Gasteiger partial charge in [0.2, 0.25) is 23.6 Å². The number of nitrogens with one attached hydrogen (secondary N) is 8. The molecule has 0 unspecified atom stereocenters. The van der Waals surface area contributed by atoms with E-state index in [0.29, 0.717) is 60.7 Å². The summed E-state index contributed by atoms with van der Waals surface area (Å²) in [6.07, 6.45) is -2.22. The highest BCUT2D eigenvalue weighted by molar-refractivity contribution is 6.31. The topological polar surface area (TPSA) is 532 Å². The maximum absolute atomic E-state index is 14.2. The minimum atomic E-state index is -1.22. The largest absolute Gasteiger partial charge is 0.480 e. The van der Waals surface area contributed by atoms with Crippen molar-refractivity contribution in [1.29, 1.82) is 0 Å². The number of aliphatic imine (C=N–C) groups is 2. The molecular weight excluding hydrogens is 1860 g/mol. The molecule has 0 aliphatic heterocycles. The summed E-state index contributed by atoms with van der Waals surface area (Å²) in [4.78, 5) is 185. The van der Waals surface area contributed by atoms with Crippen LogP contribution in [0.5, 0.6) is 0 Å². The van der Waals surface area contributed by atoms with Crippen LogP contribution in [0.15, 0.2) is 241 Å². The SMILES string of the molecule is CC(C)(C)OC(=O)N[C@H](CCCN=C(CC(=O)OCc1ccccc1)NC(=O)OCc1ccccc1)C(=O)C[C@@H](Cc1ccccc1)C(=O)N[C@@H](CCCCNC(=O)OCc1ccccc1Cl)C(N)=O.CC(C)(C)OC(=O)N[C@H](CCCN=C(CC(=O)OCc1ccccc1)NC(=O)OCc1ccccc1)C(=O)O.NC(=O)[C@H](CCCCNC(=O)OCc1ccccc1Cl)NC(=O)[C@@H](N)Cc1ccccc1. The van der Waals surface area contributed by atoms with Crippen molar-refractivity contribution in [2.24, 2.45) is 33.1 Å². The van der Waals surface area contributed by atoms with Crippen molar-refractivity contribution < 1.29 is 110 Å². The molecule has 10 amide bonds. The zero-order valence-corrected chi connectivity index (χ0v) is 81.4. The molecule has 756 valence electrons. The molecule has 0 saturated carbocycles. The molecule has 0 heterocycles. The first-order chi connectivity index (χ1) is 67.4. The maximum Gasteiger partial charge on any atom is 0.412 e. The summed E-state index contributed by atoms with van der Waals surface area (Å²) in [6, 6.07) is 63.7. The Hall–Kier alpha value is -14.8. The second-order valence-electron chi connectivity index (χ2n) is 34.2. The minimum Gasteiger partial charge on any atom is -0.480 e. The monoisotopic (exact) mass is 1980 g/mol. The molecular formula is C103H127Cl2N13O23. The van der Waals surface area contributed by atoms with Crippen LogP contribution in [0.2, 0.25) is 10.0 Å². The summed E-state index contributed by atoms with van der Waals surface area (Å²) in [5, 5.41) is 31.0. The average Bonchev–Trinajstić information content (AvgIpc) is 0.853. The number of carbonyl (C=O) groups is 14. The Labute approximate surface area is 830 Å². The third kappa shape index (κ3) is 50.9. The number of nitrogens with two attached hydrogens (primary N) is 3. The van der Waals surface area contributed by atoms with Crippen molar-refractivity contribution >= 4 is 119 Å². The standard InChI is InChI=1S/C52H63ClN6O11.C28H35N3O8.C23H29ClN4O4/c1-52(2,3)70-51(66)58-42(27-17-29-55-45(32-46(61)67-33-37-20-9-5-10-21-37)59-50(65)68-34-38-22-11-6-12-23-38)44(60)31-40(30-36-18-7-4-8-19-36)48(63)57-43(47(54)62)26-15-16-28-56-49(64)69-35-39-24-13-14-25-41(39)53;1-28(2,3)39-27(36)30-22(25(33)34)15-10-16-29-23(17-24(32)37-18-20-11-6-4-7-12-20)31-26(35)38-19-21-13-8-5-9-14-21;24-18-11-5-4-10-17(18)15-32-23(31)27-13-7-6-12-20(21(26)29)28-22(30)19(25)14-16-8-2-1-3-9-16/h4-14,18-25,40,42-43H,15-17,26-35H2,1-3H3,(H2,54,62)(H,56,64)(H,57,63)(H,58,66)(H,55,59,65);4-9,11-14,22H,10,15-19H2,1-3H3,(H,30,36)(H,33,34)(H,29,31,35);1-5,8-11,19-20H,6-7,12-15,25H2,(H2,26,29)(H,27,31)(H,28,30)/t40-,42-,43+;22-;19-,20-/m110/s1. The Bertz CT molecular complexity index is 5220. The van der Waals surface area contributed by atoms with Crippen LogP contribution < -0.4 is 59.7 Å². The molecule has 8 aromatic carbocycles. The lowest BCUT2D eigenvalue weighted by atomic mass is 9.90. The first-order valence-electron chi connectivity index (χ1n) is 45.9. The molecule has 38 heteroatoms. The van der Waals surface area contributed by atoms with Crippen LogP contribution in [0, 0.1) is 5.92 Å². The van der Waals surface area contributed by atoms with E-state index in [-0.39, 0.29) is 122 Å². The van der Waals surface area contributed by atoms with E-state index in [1.165, 1.54) is 0 Å². The number of amides is 10. The Morgan fingerprint density at radius 2 is 0.674 bits per heavy atom. The quantitative estimate of drug-likeness (QED) is 0.00554. The average molecular weight is 1990 g/mol. The van der Waals surface area contributed by atoms with Gasteiger partial charge in [0.1, 0.15) is 93.5 Å². The summed E-state index contributed by atoms with van der Waals surface area (Å²) < 4.78 is 42.2. The number of alkyl carbamates (subject to hydrolysis) is 6. The molecule has 0 saturated heterocycles. The molecule has 8 rings (SSSR count). The van der Waals surface area contributed by atoms with Crippen LogP contribution in [0.3, 0.4) is 0 Å². The second-order valence-corrected chi connectivity index (χ2v) is 35.0. The number of rotatable bonds is 50. The van der Waals surface area contributed by atoms with E-state index in [4.69, 9.17) is 78.3 Å². The molecule has 0 aliphatic carbocycles. The highest BCUT2D eigenvalue weighted by Gasteiger charge is 2.33. The summed E-state index contributed by atoms with van der Waals surface area (Å²) in [6.45, 7) is 10.8. The molecule has 6 atom stereocenters. The fourth-order valence-electron chi connectivity index (χ4n) is 13.0. The first-order valence-corrected chi connectivity index (χ1v) is 46.6. The smallest absolute Gasteiger partial charge is 0.412 e. The van der Waals surface area contributed by atoms with E-state index in [2.05, 4.69) is 52.5 Å². The van der Waals surface area contributed by atoms with Crippen molar-refractivity contribution in [3.63, 3.8) is 0 Å². The number of carboxylic acid groups (broad SMARTS) is 1. The number of unbranched alkanes of at least 4 members (excludes halogenated alkanes) is 2. The van der Waals surface area contributed by atoms with E-state index < -0.39 is 138 Å². The van der Waals surface area contributed by atoms with Gasteiger partial charge in [-0.05, 0) is 164 Å². The molecule has 36 nitrogen and oxygen atoms in total. The number of benzene rings is 8. The second kappa shape index (κ2) is 63.7. The number of Topliss-reactive ketones (excluding diaryl/α,β-unsaturated/α-hetero) is 1. The predicted octanol–water partition coefficient (Wildman–Crippen LogP) is 14.1. The summed E-state index contributed by atoms with van der Waals surface area (Å²) in [7, 11) is 0. The van der Waals surface area contributed by atoms with Gasteiger partial charge in [0.05, 0.1) is 12.1 Å². The van der Waals surface area contributed by atoms with E-state index in [0.717, 1.165) is 38.9 Å². The molecule has 0 radical (unpaired) electrons. The van der Waals surface area contributed by atoms with Gasteiger partial charge in [-0.2, -0.15) is 0 Å². The van der Waals surface area contributed by atoms with Gasteiger partial charge in [-0.25, -0.2) is 33.6 Å². The van der Waals surface area contributed by atoms with Gasteiger partial charge in [-0.15, -0.1) is 0 Å². The Morgan fingerprint density at radius 1 is 0.355 bits per heavy atom. The highest BCUT2D eigenvalue weighted by atomic mass is 35.5. The number of hydrogen-bond donors (Lipinski definition) is 12. The van der Waals surface area contributed by atoms with Crippen molar-refractivity contribution in [1.82, 2.24) is 42.5 Å². The number of esters is 2. The normalized spacial score (nSPS) is 12.4. The highest BCUT2D eigenvalue weighted by Crippen LogP contribution is 2.22. The molecule has 0 aliphatic rings. The molecule has 0 aromatic heterocycles. The zero-order chi connectivity index (χ0) is 103. The maximum atomic E-state index is 14.2. The number of ether oxygens (including phenoxy) is 8. The van der Waals surface area contributed by atoms with E-state index in [1.807, 2.05) is 115 Å². The van der Waals surface area contributed by atoms with Crippen LogP contribution in [0.4, 0.5) is 28.8 Å². The molecule has 141 heavy (non-hydrogen) atoms. The molecule has 0 bridgehead atoms. The predicted molar refractivity (Wildman–Crippen MR) is 529 cm³/mol. The third-order valence-electron chi connectivity index (χ3n) is 20.1. The van der Waals surface area contributed by atoms with Crippen molar-refractivity contribution in [3.05, 3.63) is 285 Å². The lowest BCUT2D eigenvalue weighted by Crippen LogP contribution is -2.51. The van der Waals surface area contributed by atoms with Crippen LogP contribution in [-0.2, 0) is 129 Å². The van der Waals surface area contributed by atoms with Gasteiger partial charge in [0.25, 0.3) is 0 Å². The fraction of sp³-hybridized carbons (Fsp3) is 0.379. The van der Waals surface area contributed by atoms with Gasteiger partial charge < -0.3 is 92.1 Å². The number of nitrogens with zero attached hydrogens (tertiary/aromatic N) is 2. The van der Waals surface area contributed by atoms with Gasteiger partial charge in [0, 0.05) is 59.7 Å². The van der Waals surface area contributed by atoms with Crippen LogP contribution in [0.1, 0.15) is 170 Å². The van der Waals surface area contributed by atoms with E-state index >= 15 is 0 Å². The molecule has 15 N–H and O–H groups in total. The number of primary amides is 2. The number of aliphatic carboxylic acids is 1. The van der Waals surface area contributed by atoms with Gasteiger partial charge in [0.15, 0.2) is 5.78 Å². The number of carbonyl (C=O) groups excluding carboxylic acids is 13. The first kappa shape index (κ1) is 115. The minimum absolute atomic E-state index is 0.00217. The van der Waals surface area contributed by atoms with Crippen LogP contribution in [-0.4, -0.2) is 168 Å². The number of ketones is 1. The van der Waals surface area contributed by atoms with Crippen LogP contribution in [0.25, 0.3) is 0 Å². The Balaban J connectivity index is 0.000000359. The third-order valence-corrected chi connectivity index (χ3v) is 20.8. The Kier molecular flexibility index (Phi) is 51.9. The number of carboxylic acids is 1. The fourth-order valence-corrected chi connectivity index (χ4v) is 13.3. The Morgan fingerprint density at radius 3 is 1.04 bits per heavy atom. The summed E-state index contributed by atoms with van der Waals surface area (Å²) >= 11 is 12.1. The van der Waals surface area contributed by atoms with Crippen LogP contribution >= 0.6 is 23.2 Å². The summed E-state index contributed by atoms with van der Waals surface area (Å²) in [5.41, 5.74) is 21.6. The number of hydrogen-bond acceptors (Lipinski definition) is 25. The number of halogens is 2. The van der Waals surface area contributed by atoms with Gasteiger partial charge in [-0.1, -0.05) is 242 Å². The van der Waals surface area contributed by atoms with Crippen molar-refractivity contribution in [3.8, 4) is 0 Å². The lowest BCUT2D eigenvalue weighted by Gasteiger charge is -2.25. The summed E-state index contributed by atoms with van der Waals surface area (Å²) in [5.74, 6) is -6.45. The molecule has 0 fully saturated rings. The zero-order valence-electron chi connectivity index (χ0n) is 79.9. The number of amidine groups is 2. The van der Waals surface area contributed by atoms with Gasteiger partial charge >= 0.3 is 54.5 Å². The lowest BCUT2D eigenvalue weighted by molar-refractivity contribution is -0.144. The molecule has 0 spiro atoms. The van der Waals surface area contributed by atoms with Crippen molar-refractivity contribution in [2.45, 2.75) is 219 Å². The van der Waals surface area contributed by atoms with Crippen molar-refractivity contribution in [2.75, 3.05) is 26.2 Å². The van der Waals surface area contributed by atoms with E-state index in [1.54, 1.807) is 157 Å². The van der Waals surface area contributed by atoms with Gasteiger partial charge in [-0.3, -0.25) is 54.2 Å². The molecule has 8 aromatic rings. The van der Waals surface area contributed by atoms with E-state index in [9.17, 15) is 72.2 Å².